The van der Waals surface area contributed by atoms with Crippen molar-refractivity contribution in [3.8, 4) is 12.3 Å². The van der Waals surface area contributed by atoms with E-state index in [1.807, 2.05) is 0 Å². The molecule has 0 saturated carbocycles. The zero-order valence-corrected chi connectivity index (χ0v) is 8.80. The number of aromatic amines is 1. The molecule has 1 N–H and O–H groups in total. The van der Waals surface area contributed by atoms with E-state index in [0.29, 0.717) is 5.82 Å². The Hall–Kier alpha value is -1.32. The molecule has 0 amide bonds. The average Bonchev–Trinajstić information content (AvgIpc) is 2.52. The first kappa shape index (κ1) is 10.8. The van der Waals surface area contributed by atoms with Crippen molar-refractivity contribution in [3.05, 3.63) is 12.0 Å². The second-order valence-electron chi connectivity index (χ2n) is 2.80. The average molecular weight is 213 g/mol. The van der Waals surface area contributed by atoms with Crippen LogP contribution in [0.2, 0.25) is 0 Å². The molecule has 0 spiro atoms. The van der Waals surface area contributed by atoms with E-state index in [1.165, 1.54) is 13.2 Å². The topological polar surface area (TPSA) is 66.1 Å². The van der Waals surface area contributed by atoms with Gasteiger partial charge in [0.2, 0.25) is 0 Å². The first-order chi connectivity index (χ1) is 6.48. The van der Waals surface area contributed by atoms with E-state index in [0.717, 1.165) is 4.31 Å². The van der Waals surface area contributed by atoms with Crippen molar-refractivity contribution >= 4 is 10.0 Å². The summed E-state index contributed by atoms with van der Waals surface area (Å²) in [6, 6.07) is 0. The van der Waals surface area contributed by atoms with E-state index >= 15 is 0 Å². The lowest BCUT2D eigenvalue weighted by Crippen LogP contribution is -2.27. The van der Waals surface area contributed by atoms with Gasteiger partial charge in [-0.2, -0.15) is 4.31 Å². The molecule has 1 aromatic rings. The fraction of sp³-hybridized carbons (Fsp3) is 0.375. The quantitative estimate of drug-likeness (QED) is 0.717. The van der Waals surface area contributed by atoms with Gasteiger partial charge in [-0.05, 0) is 6.92 Å². The minimum Gasteiger partial charge on any atom is -0.332 e. The molecule has 1 heterocycles. The minimum atomic E-state index is -3.51. The standard InChI is InChI=1S/C8H11N3O2S/c1-4-5-11(3)14(12,13)8-6-9-7(2)10-8/h1,6H,5H2,2-3H3,(H,9,10). The van der Waals surface area contributed by atoms with E-state index in [1.54, 1.807) is 6.92 Å². The fourth-order valence-electron chi connectivity index (χ4n) is 0.911. The van der Waals surface area contributed by atoms with Gasteiger partial charge in [-0.25, -0.2) is 13.4 Å². The number of aryl methyl sites for hydroxylation is 1. The highest BCUT2D eigenvalue weighted by Crippen LogP contribution is 2.10. The summed E-state index contributed by atoms with van der Waals surface area (Å²) in [6.07, 6.45) is 6.30. The van der Waals surface area contributed by atoms with Crippen molar-refractivity contribution in [1.29, 1.82) is 0 Å². The zero-order valence-electron chi connectivity index (χ0n) is 7.98. The normalized spacial score (nSPS) is 11.6. The Morgan fingerprint density at radius 2 is 2.36 bits per heavy atom. The van der Waals surface area contributed by atoms with Crippen LogP contribution in [0.25, 0.3) is 0 Å². The van der Waals surface area contributed by atoms with Gasteiger partial charge in [-0.15, -0.1) is 6.42 Å². The van der Waals surface area contributed by atoms with Crippen LogP contribution in [0.15, 0.2) is 11.2 Å². The number of hydrogen-bond donors (Lipinski definition) is 1. The zero-order chi connectivity index (χ0) is 10.8. The van der Waals surface area contributed by atoms with Gasteiger partial charge >= 0.3 is 0 Å². The molecule has 0 aliphatic heterocycles. The van der Waals surface area contributed by atoms with Crippen LogP contribution < -0.4 is 0 Å². The number of rotatable bonds is 3. The number of terminal acetylenes is 1. The first-order valence-corrected chi connectivity index (χ1v) is 5.34. The van der Waals surface area contributed by atoms with Gasteiger partial charge in [-0.3, -0.25) is 0 Å². The molecule has 0 aliphatic carbocycles. The Labute approximate surface area is 83.2 Å². The number of sulfonamides is 1. The van der Waals surface area contributed by atoms with E-state index in [9.17, 15) is 8.42 Å². The molecule has 0 saturated heterocycles. The maximum Gasteiger partial charge on any atom is 0.260 e. The minimum absolute atomic E-state index is 0.0421. The summed E-state index contributed by atoms with van der Waals surface area (Å²) in [7, 11) is -2.09. The van der Waals surface area contributed by atoms with Crippen LogP contribution >= 0.6 is 0 Å². The lowest BCUT2D eigenvalue weighted by Gasteiger charge is -2.11. The Morgan fingerprint density at radius 1 is 1.71 bits per heavy atom. The summed E-state index contributed by atoms with van der Waals surface area (Å²) < 4.78 is 24.5. The monoisotopic (exact) mass is 213 g/mol. The summed E-state index contributed by atoms with van der Waals surface area (Å²) >= 11 is 0. The molecule has 0 aliphatic rings. The SMILES string of the molecule is C#CCN(C)S(=O)(=O)c1cnc(C)[nH]1. The number of aromatic nitrogens is 2. The summed E-state index contributed by atoms with van der Waals surface area (Å²) in [5, 5.41) is 0.0627. The Kier molecular flexibility index (Phi) is 2.93. The van der Waals surface area contributed by atoms with Gasteiger partial charge in [0.15, 0.2) is 5.03 Å². The largest absolute Gasteiger partial charge is 0.332 e. The van der Waals surface area contributed by atoms with Gasteiger partial charge in [0.25, 0.3) is 10.0 Å². The number of imidazole rings is 1. The number of nitrogens with one attached hydrogen (secondary N) is 1. The summed E-state index contributed by atoms with van der Waals surface area (Å²) in [5.74, 6) is 2.82. The summed E-state index contributed by atoms with van der Waals surface area (Å²) in [4.78, 5) is 6.46. The van der Waals surface area contributed by atoms with Crippen LogP contribution in [0.5, 0.6) is 0 Å². The van der Waals surface area contributed by atoms with Crippen molar-refractivity contribution in [2.24, 2.45) is 0 Å². The maximum atomic E-state index is 11.7. The van der Waals surface area contributed by atoms with Crippen molar-refractivity contribution < 1.29 is 8.42 Å². The van der Waals surface area contributed by atoms with Crippen molar-refractivity contribution in [1.82, 2.24) is 14.3 Å². The van der Waals surface area contributed by atoms with Gasteiger partial charge in [0.05, 0.1) is 12.7 Å². The van der Waals surface area contributed by atoms with Crippen molar-refractivity contribution in [3.63, 3.8) is 0 Å². The van der Waals surface area contributed by atoms with E-state index < -0.39 is 10.0 Å². The van der Waals surface area contributed by atoms with Crippen LogP contribution in [-0.4, -0.2) is 36.3 Å². The first-order valence-electron chi connectivity index (χ1n) is 3.90. The Balaban J connectivity index is 3.03. The predicted molar refractivity (Wildman–Crippen MR) is 52.0 cm³/mol. The predicted octanol–water partition coefficient (Wildman–Crippen LogP) is -0.0282. The van der Waals surface area contributed by atoms with Crippen LogP contribution in [0.1, 0.15) is 5.82 Å². The molecule has 0 unspecified atom stereocenters. The van der Waals surface area contributed by atoms with Crippen molar-refractivity contribution in [2.45, 2.75) is 11.9 Å². The highest BCUT2D eigenvalue weighted by atomic mass is 32.2. The molecule has 0 radical (unpaired) electrons. The summed E-state index contributed by atoms with van der Waals surface area (Å²) in [5.41, 5.74) is 0. The van der Waals surface area contributed by atoms with Crippen LogP contribution in [0, 0.1) is 19.3 Å². The van der Waals surface area contributed by atoms with E-state index in [-0.39, 0.29) is 11.6 Å². The van der Waals surface area contributed by atoms with Gasteiger partial charge in [0.1, 0.15) is 5.82 Å². The molecule has 14 heavy (non-hydrogen) atoms. The fourth-order valence-corrected chi connectivity index (χ4v) is 1.95. The lowest BCUT2D eigenvalue weighted by molar-refractivity contribution is 0.500. The van der Waals surface area contributed by atoms with Gasteiger partial charge in [0, 0.05) is 7.05 Å². The third-order valence-corrected chi connectivity index (χ3v) is 3.39. The van der Waals surface area contributed by atoms with Crippen LogP contribution in [-0.2, 0) is 10.0 Å². The number of hydrogen-bond acceptors (Lipinski definition) is 3. The van der Waals surface area contributed by atoms with Gasteiger partial charge in [-0.1, -0.05) is 5.92 Å². The number of nitrogens with zero attached hydrogens (tertiary/aromatic N) is 2. The Morgan fingerprint density at radius 3 is 2.79 bits per heavy atom. The van der Waals surface area contributed by atoms with E-state index in [4.69, 9.17) is 6.42 Å². The smallest absolute Gasteiger partial charge is 0.260 e. The van der Waals surface area contributed by atoms with Crippen LogP contribution in [0.4, 0.5) is 0 Å². The van der Waals surface area contributed by atoms with E-state index in [2.05, 4.69) is 15.9 Å². The Bertz CT molecular complexity index is 455. The highest BCUT2D eigenvalue weighted by molar-refractivity contribution is 7.89. The van der Waals surface area contributed by atoms with Gasteiger partial charge < -0.3 is 4.98 Å². The summed E-state index contributed by atoms with van der Waals surface area (Å²) in [6.45, 7) is 1.72. The van der Waals surface area contributed by atoms with Crippen molar-refractivity contribution in [2.75, 3.05) is 13.6 Å². The molecule has 1 aromatic heterocycles. The molecule has 0 fully saturated rings. The maximum absolute atomic E-state index is 11.7. The molecule has 6 heteroatoms. The second-order valence-corrected chi connectivity index (χ2v) is 4.81. The van der Waals surface area contributed by atoms with Crippen LogP contribution in [0.3, 0.4) is 0 Å². The molecule has 0 atom stereocenters. The highest BCUT2D eigenvalue weighted by Gasteiger charge is 2.21. The number of H-pyrrole nitrogens is 1. The molecular formula is C8H11N3O2S. The third-order valence-electron chi connectivity index (χ3n) is 1.68. The molecule has 5 nitrogen and oxygen atoms in total. The second kappa shape index (κ2) is 3.82. The molecule has 1 rings (SSSR count). The lowest BCUT2D eigenvalue weighted by atomic mass is 10.7. The molecule has 0 aromatic carbocycles. The molecule has 0 bridgehead atoms. The molecule has 76 valence electrons. The molecular weight excluding hydrogens is 202 g/mol. The third kappa shape index (κ3) is 1.95.